The van der Waals surface area contributed by atoms with Crippen LogP contribution in [0.2, 0.25) is 0 Å². The Morgan fingerprint density at radius 3 is 2.27 bits per heavy atom. The molecule has 0 aliphatic rings. The molecule has 0 fully saturated rings. The molecule has 0 saturated carbocycles. The minimum Gasteiger partial charge on any atom is -0.394 e. The first-order chi connectivity index (χ1) is 5.41. The van der Waals surface area contributed by atoms with Crippen molar-refractivity contribution in [2.75, 3.05) is 38.8 Å². The maximum atomic E-state index is 8.32. The summed E-state index contributed by atoms with van der Waals surface area (Å²) >= 11 is 4.64. The lowest BCUT2D eigenvalue weighted by molar-refractivity contribution is 0.0378. The maximum Gasteiger partial charge on any atom is 0.0701 e. The van der Waals surface area contributed by atoms with Gasteiger partial charge in [-0.15, -0.1) is 0 Å². The molecule has 11 heavy (non-hydrogen) atoms. The molecule has 1 N–H and O–H groups in total. The van der Waals surface area contributed by atoms with Gasteiger partial charge in [-0.25, -0.2) is 0 Å². The zero-order chi connectivity index (χ0) is 8.36. The molecule has 3 nitrogen and oxygen atoms in total. The Morgan fingerprint density at radius 1 is 1.09 bits per heavy atom. The van der Waals surface area contributed by atoms with Crippen molar-refractivity contribution < 1.29 is 14.6 Å². The van der Waals surface area contributed by atoms with Crippen LogP contribution in [-0.2, 0) is 9.47 Å². The quantitative estimate of drug-likeness (QED) is 0.462. The molecule has 0 aliphatic carbocycles. The SMILES string of the molecule is OCCOCCOCCS[S]. The van der Waals surface area contributed by atoms with Crippen LogP contribution in [0, 0.1) is 0 Å². The van der Waals surface area contributed by atoms with Gasteiger partial charge < -0.3 is 14.6 Å². The molecule has 0 aromatic rings. The molecular weight excluding hydrogens is 184 g/mol. The maximum absolute atomic E-state index is 8.32. The number of ether oxygens (including phenoxy) is 2. The summed E-state index contributed by atoms with van der Waals surface area (Å²) in [7, 11) is 1.35. The van der Waals surface area contributed by atoms with Crippen molar-refractivity contribution in [3.05, 3.63) is 0 Å². The number of aliphatic hydroxyl groups is 1. The third-order valence-electron chi connectivity index (χ3n) is 0.919. The topological polar surface area (TPSA) is 38.7 Å². The molecule has 0 unspecified atom stereocenters. The Kier molecular flexibility index (Phi) is 11.1. The highest BCUT2D eigenvalue weighted by atomic mass is 33.1. The van der Waals surface area contributed by atoms with E-state index in [9.17, 15) is 0 Å². The van der Waals surface area contributed by atoms with E-state index in [1.807, 2.05) is 0 Å². The molecule has 1 radical (unpaired) electrons. The summed E-state index contributed by atoms with van der Waals surface area (Å²) in [5.41, 5.74) is 0. The standard InChI is InChI=1S/C6H13O3S2/c7-1-2-8-3-4-9-5-6-11-10/h7H,1-6H2. The van der Waals surface area contributed by atoms with Crippen molar-refractivity contribution in [3.63, 3.8) is 0 Å². The highest BCUT2D eigenvalue weighted by molar-refractivity contribution is 8.68. The van der Waals surface area contributed by atoms with Crippen LogP contribution in [0.25, 0.3) is 0 Å². The van der Waals surface area contributed by atoms with Crippen molar-refractivity contribution >= 4 is 22.5 Å². The average molecular weight is 197 g/mol. The number of aliphatic hydroxyl groups excluding tert-OH is 1. The van der Waals surface area contributed by atoms with Crippen LogP contribution in [0.1, 0.15) is 0 Å². The second-order valence-corrected chi connectivity index (χ2v) is 3.12. The van der Waals surface area contributed by atoms with E-state index in [1.54, 1.807) is 0 Å². The molecule has 5 heteroatoms. The van der Waals surface area contributed by atoms with E-state index in [4.69, 9.17) is 14.6 Å². The van der Waals surface area contributed by atoms with Gasteiger partial charge in [0.2, 0.25) is 0 Å². The minimum atomic E-state index is 0.0714. The van der Waals surface area contributed by atoms with Crippen molar-refractivity contribution in [2.24, 2.45) is 0 Å². The number of hydrogen-bond acceptors (Lipinski definition) is 4. The van der Waals surface area contributed by atoms with Crippen LogP contribution >= 0.6 is 22.5 Å². The van der Waals surface area contributed by atoms with Crippen LogP contribution in [0.4, 0.5) is 0 Å². The van der Waals surface area contributed by atoms with Crippen molar-refractivity contribution in [1.29, 1.82) is 0 Å². The van der Waals surface area contributed by atoms with E-state index in [0.29, 0.717) is 26.4 Å². The molecule has 0 aliphatic heterocycles. The summed E-state index contributed by atoms with van der Waals surface area (Å²) in [5, 5.41) is 8.32. The van der Waals surface area contributed by atoms with Crippen LogP contribution < -0.4 is 0 Å². The van der Waals surface area contributed by atoms with E-state index >= 15 is 0 Å². The smallest absolute Gasteiger partial charge is 0.0701 e. The Balaban J connectivity index is 2.69. The second-order valence-electron chi connectivity index (χ2n) is 1.77. The summed E-state index contributed by atoms with van der Waals surface area (Å²) in [5.74, 6) is 0.843. The molecule has 0 amide bonds. The fourth-order valence-corrected chi connectivity index (χ4v) is 0.869. The normalized spacial score (nSPS) is 10.4. The Morgan fingerprint density at radius 2 is 1.73 bits per heavy atom. The predicted molar refractivity (Wildman–Crippen MR) is 48.8 cm³/mol. The first kappa shape index (κ1) is 11.6. The largest absolute Gasteiger partial charge is 0.394 e. The van der Waals surface area contributed by atoms with Crippen LogP contribution in [0.15, 0.2) is 0 Å². The average Bonchev–Trinajstić information content (AvgIpc) is 2.03. The zero-order valence-corrected chi connectivity index (χ0v) is 7.96. The van der Waals surface area contributed by atoms with Gasteiger partial charge in [-0.2, -0.15) is 0 Å². The third-order valence-corrected chi connectivity index (χ3v) is 1.75. The van der Waals surface area contributed by atoms with E-state index in [-0.39, 0.29) is 6.61 Å². The van der Waals surface area contributed by atoms with Crippen molar-refractivity contribution in [3.8, 4) is 0 Å². The van der Waals surface area contributed by atoms with Crippen LogP contribution in [0.3, 0.4) is 0 Å². The summed E-state index contributed by atoms with van der Waals surface area (Å²) in [4.78, 5) is 0. The lowest BCUT2D eigenvalue weighted by Gasteiger charge is -2.02. The highest BCUT2D eigenvalue weighted by Gasteiger charge is 1.88. The fraction of sp³-hybridized carbons (Fsp3) is 1.00. The van der Waals surface area contributed by atoms with E-state index in [1.165, 1.54) is 10.8 Å². The van der Waals surface area contributed by atoms with Gasteiger partial charge in [0, 0.05) is 5.75 Å². The molecule has 67 valence electrons. The highest BCUT2D eigenvalue weighted by Crippen LogP contribution is 2.02. The van der Waals surface area contributed by atoms with Gasteiger partial charge in [0.05, 0.1) is 33.0 Å². The Bertz CT molecular complexity index is 64.8. The molecule has 0 spiro atoms. The lowest BCUT2D eigenvalue weighted by Crippen LogP contribution is -2.08. The molecule has 0 saturated heterocycles. The van der Waals surface area contributed by atoms with E-state index < -0.39 is 0 Å². The van der Waals surface area contributed by atoms with Gasteiger partial charge in [-0.1, -0.05) is 10.8 Å². The first-order valence-electron chi connectivity index (χ1n) is 3.43. The molecule has 0 aromatic heterocycles. The van der Waals surface area contributed by atoms with Gasteiger partial charge in [0.1, 0.15) is 0 Å². The number of hydrogen-bond donors (Lipinski definition) is 1. The zero-order valence-electron chi connectivity index (χ0n) is 6.32. The van der Waals surface area contributed by atoms with Gasteiger partial charge >= 0.3 is 0 Å². The van der Waals surface area contributed by atoms with E-state index in [0.717, 1.165) is 5.75 Å². The first-order valence-corrected chi connectivity index (χ1v) is 5.34. The number of rotatable bonds is 8. The Hall–Kier alpha value is 0.580. The third kappa shape index (κ3) is 10.6. The molecule has 0 atom stereocenters. The molecule has 0 aromatic carbocycles. The minimum absolute atomic E-state index is 0.0714. The monoisotopic (exact) mass is 197 g/mol. The summed E-state index contributed by atoms with van der Waals surface area (Å²) in [6.07, 6.45) is 0. The van der Waals surface area contributed by atoms with Crippen molar-refractivity contribution in [2.45, 2.75) is 0 Å². The van der Waals surface area contributed by atoms with Crippen molar-refractivity contribution in [1.82, 2.24) is 0 Å². The molecule has 0 rings (SSSR count). The second kappa shape index (κ2) is 10.6. The molecular formula is C6H13O3S2. The van der Waals surface area contributed by atoms with E-state index in [2.05, 4.69) is 11.7 Å². The molecule has 0 heterocycles. The summed E-state index contributed by atoms with van der Waals surface area (Å²) in [6, 6.07) is 0. The van der Waals surface area contributed by atoms with Gasteiger partial charge in [-0.3, -0.25) is 0 Å². The van der Waals surface area contributed by atoms with Gasteiger partial charge in [0.25, 0.3) is 0 Å². The van der Waals surface area contributed by atoms with Gasteiger partial charge in [0.15, 0.2) is 0 Å². The Labute approximate surface area is 76.3 Å². The summed E-state index contributed by atoms with van der Waals surface area (Å²) in [6.45, 7) is 2.26. The summed E-state index contributed by atoms with van der Waals surface area (Å²) < 4.78 is 10.1. The van der Waals surface area contributed by atoms with Gasteiger partial charge in [-0.05, 0) is 11.7 Å². The fourth-order valence-electron chi connectivity index (χ4n) is 0.479. The lowest BCUT2D eigenvalue weighted by atomic mass is 10.7. The van der Waals surface area contributed by atoms with Crippen LogP contribution in [-0.4, -0.2) is 43.9 Å². The van der Waals surface area contributed by atoms with Crippen LogP contribution in [0.5, 0.6) is 0 Å². The predicted octanol–water partition coefficient (Wildman–Crippen LogP) is 0.858. The molecule has 0 bridgehead atoms.